The first kappa shape index (κ1) is 16.2. The number of nitrogens with one attached hydrogen (secondary N) is 1. The van der Waals surface area contributed by atoms with Crippen molar-refractivity contribution in [2.45, 2.75) is 46.6 Å². The van der Waals surface area contributed by atoms with E-state index < -0.39 is 0 Å². The molecule has 0 spiro atoms. The molecule has 0 saturated carbocycles. The lowest BCUT2D eigenvalue weighted by Gasteiger charge is -2.17. The first-order valence-corrected chi connectivity index (χ1v) is 7.44. The van der Waals surface area contributed by atoms with E-state index in [0.717, 1.165) is 38.4 Å². The molecule has 1 N–H and O–H groups in total. The van der Waals surface area contributed by atoms with Crippen LogP contribution in [0.5, 0.6) is 0 Å². The monoisotopic (exact) mass is 267 g/mol. The highest BCUT2D eigenvalue weighted by molar-refractivity contribution is 5.09. The van der Waals surface area contributed by atoms with Crippen LogP contribution in [0.25, 0.3) is 0 Å². The van der Waals surface area contributed by atoms with Gasteiger partial charge in [0.05, 0.1) is 12.3 Å². The maximum atomic E-state index is 5.07. The van der Waals surface area contributed by atoms with Gasteiger partial charge in [-0.3, -0.25) is 4.68 Å². The van der Waals surface area contributed by atoms with Crippen LogP contribution in [0.2, 0.25) is 0 Å². The molecular formula is C15H29N3O. The highest BCUT2D eigenvalue weighted by atomic mass is 16.5. The molecule has 0 radical (unpaired) electrons. The van der Waals surface area contributed by atoms with Gasteiger partial charge in [0.1, 0.15) is 0 Å². The number of aromatic nitrogens is 2. The number of hydrogen-bond acceptors (Lipinski definition) is 3. The average molecular weight is 267 g/mol. The molecule has 1 unspecified atom stereocenters. The molecule has 0 aliphatic rings. The van der Waals surface area contributed by atoms with E-state index in [1.165, 1.54) is 18.5 Å². The van der Waals surface area contributed by atoms with Crippen molar-refractivity contribution in [2.24, 2.45) is 5.92 Å². The summed E-state index contributed by atoms with van der Waals surface area (Å²) in [6.45, 7) is 10.2. The van der Waals surface area contributed by atoms with Crippen LogP contribution in [0, 0.1) is 12.8 Å². The van der Waals surface area contributed by atoms with Crippen LogP contribution in [-0.4, -0.2) is 36.6 Å². The smallest absolute Gasteiger partial charge is 0.0596 e. The summed E-state index contributed by atoms with van der Waals surface area (Å²) in [5.41, 5.74) is 2.49. The van der Waals surface area contributed by atoms with Crippen LogP contribution in [-0.2, 0) is 17.7 Å². The van der Waals surface area contributed by atoms with Gasteiger partial charge in [0.15, 0.2) is 0 Å². The van der Waals surface area contributed by atoms with E-state index in [0.29, 0.717) is 5.92 Å². The van der Waals surface area contributed by atoms with E-state index in [4.69, 9.17) is 4.74 Å². The molecule has 0 fully saturated rings. The Labute approximate surface area is 117 Å². The topological polar surface area (TPSA) is 39.1 Å². The number of methoxy groups -OCH3 is 1. The van der Waals surface area contributed by atoms with Crippen LogP contribution < -0.4 is 5.32 Å². The summed E-state index contributed by atoms with van der Waals surface area (Å²) in [4.78, 5) is 0. The minimum absolute atomic E-state index is 0.684. The van der Waals surface area contributed by atoms with E-state index >= 15 is 0 Å². The van der Waals surface area contributed by atoms with E-state index in [-0.39, 0.29) is 0 Å². The van der Waals surface area contributed by atoms with Crippen molar-refractivity contribution in [3.05, 3.63) is 17.5 Å². The standard InChI is InChI=1S/C15H29N3O/c1-5-7-14(12-16-8-9-19-4)11-15-10-13(3)17-18(15)6-2/h10,14,16H,5-9,11-12H2,1-4H3. The second-order valence-electron chi connectivity index (χ2n) is 5.15. The molecule has 4 heteroatoms. The van der Waals surface area contributed by atoms with Gasteiger partial charge in [0.25, 0.3) is 0 Å². The third-order valence-corrected chi connectivity index (χ3v) is 3.40. The molecule has 1 heterocycles. The molecule has 1 aromatic heterocycles. The minimum Gasteiger partial charge on any atom is -0.383 e. The minimum atomic E-state index is 0.684. The van der Waals surface area contributed by atoms with Gasteiger partial charge in [0.2, 0.25) is 0 Å². The van der Waals surface area contributed by atoms with Gasteiger partial charge in [-0.05, 0) is 45.2 Å². The molecule has 0 aromatic carbocycles. The number of rotatable bonds is 10. The fraction of sp³-hybridized carbons (Fsp3) is 0.800. The fourth-order valence-corrected chi connectivity index (χ4v) is 2.50. The number of ether oxygens (including phenoxy) is 1. The lowest BCUT2D eigenvalue weighted by atomic mass is 9.97. The lowest BCUT2D eigenvalue weighted by Crippen LogP contribution is -2.27. The largest absolute Gasteiger partial charge is 0.383 e. The average Bonchev–Trinajstić information content (AvgIpc) is 2.75. The highest BCUT2D eigenvalue weighted by Gasteiger charge is 2.12. The molecular weight excluding hydrogens is 238 g/mol. The Morgan fingerprint density at radius 3 is 2.84 bits per heavy atom. The van der Waals surface area contributed by atoms with Crippen LogP contribution in [0.1, 0.15) is 38.1 Å². The van der Waals surface area contributed by atoms with Crippen molar-refractivity contribution in [1.82, 2.24) is 15.1 Å². The summed E-state index contributed by atoms with van der Waals surface area (Å²) < 4.78 is 7.20. The van der Waals surface area contributed by atoms with Crippen molar-refractivity contribution < 1.29 is 4.74 Å². The maximum absolute atomic E-state index is 5.07. The molecule has 19 heavy (non-hydrogen) atoms. The molecule has 1 rings (SSSR count). The number of nitrogens with zero attached hydrogens (tertiary/aromatic N) is 2. The Morgan fingerprint density at radius 1 is 1.42 bits per heavy atom. The molecule has 0 amide bonds. The quantitative estimate of drug-likeness (QED) is 0.662. The van der Waals surface area contributed by atoms with Crippen molar-refractivity contribution in [1.29, 1.82) is 0 Å². The summed E-state index contributed by atoms with van der Waals surface area (Å²) in [5.74, 6) is 0.684. The molecule has 0 bridgehead atoms. The van der Waals surface area contributed by atoms with Crippen molar-refractivity contribution >= 4 is 0 Å². The predicted molar refractivity (Wildman–Crippen MR) is 79.5 cm³/mol. The Hall–Kier alpha value is -0.870. The Balaban J connectivity index is 2.51. The lowest BCUT2D eigenvalue weighted by molar-refractivity contribution is 0.197. The third-order valence-electron chi connectivity index (χ3n) is 3.40. The second kappa shape index (κ2) is 9.10. The highest BCUT2D eigenvalue weighted by Crippen LogP contribution is 2.15. The molecule has 1 atom stereocenters. The van der Waals surface area contributed by atoms with Gasteiger partial charge in [-0.1, -0.05) is 13.3 Å². The summed E-state index contributed by atoms with van der Waals surface area (Å²) in [6.07, 6.45) is 3.60. The first-order chi connectivity index (χ1) is 9.21. The zero-order valence-corrected chi connectivity index (χ0v) is 12.9. The number of hydrogen-bond donors (Lipinski definition) is 1. The van der Waals surface area contributed by atoms with Crippen LogP contribution >= 0.6 is 0 Å². The van der Waals surface area contributed by atoms with Crippen molar-refractivity contribution in [2.75, 3.05) is 26.8 Å². The second-order valence-corrected chi connectivity index (χ2v) is 5.15. The number of aryl methyl sites for hydroxylation is 2. The Kier molecular flexibility index (Phi) is 7.75. The maximum Gasteiger partial charge on any atom is 0.0596 e. The van der Waals surface area contributed by atoms with Gasteiger partial charge in [-0.2, -0.15) is 5.10 Å². The van der Waals surface area contributed by atoms with Gasteiger partial charge < -0.3 is 10.1 Å². The summed E-state index contributed by atoms with van der Waals surface area (Å²) in [7, 11) is 1.74. The Bertz CT molecular complexity index is 349. The summed E-state index contributed by atoms with van der Waals surface area (Å²) in [6, 6.07) is 2.22. The SMILES string of the molecule is CCCC(CNCCOC)Cc1cc(C)nn1CC. The predicted octanol–water partition coefficient (Wildman–Crippen LogP) is 2.41. The van der Waals surface area contributed by atoms with Crippen LogP contribution in [0.3, 0.4) is 0 Å². The zero-order chi connectivity index (χ0) is 14.1. The van der Waals surface area contributed by atoms with E-state index in [1.54, 1.807) is 7.11 Å². The molecule has 0 aliphatic heterocycles. The zero-order valence-electron chi connectivity index (χ0n) is 12.9. The van der Waals surface area contributed by atoms with E-state index in [9.17, 15) is 0 Å². The van der Waals surface area contributed by atoms with Gasteiger partial charge in [-0.15, -0.1) is 0 Å². The van der Waals surface area contributed by atoms with Gasteiger partial charge >= 0.3 is 0 Å². The van der Waals surface area contributed by atoms with Crippen LogP contribution in [0.15, 0.2) is 6.07 Å². The normalized spacial score (nSPS) is 12.8. The Morgan fingerprint density at radius 2 is 2.21 bits per heavy atom. The summed E-state index contributed by atoms with van der Waals surface area (Å²) >= 11 is 0. The van der Waals surface area contributed by atoms with E-state index in [2.05, 4.69) is 41.9 Å². The molecule has 4 nitrogen and oxygen atoms in total. The molecule has 0 saturated heterocycles. The summed E-state index contributed by atoms with van der Waals surface area (Å²) in [5, 5.41) is 8.01. The van der Waals surface area contributed by atoms with Gasteiger partial charge in [0, 0.05) is 25.9 Å². The third kappa shape index (κ3) is 5.74. The molecule has 0 aliphatic carbocycles. The van der Waals surface area contributed by atoms with E-state index in [1.807, 2.05) is 0 Å². The van der Waals surface area contributed by atoms with Crippen molar-refractivity contribution in [3.8, 4) is 0 Å². The van der Waals surface area contributed by atoms with Crippen molar-refractivity contribution in [3.63, 3.8) is 0 Å². The van der Waals surface area contributed by atoms with Gasteiger partial charge in [-0.25, -0.2) is 0 Å². The molecule has 1 aromatic rings. The first-order valence-electron chi connectivity index (χ1n) is 7.44. The van der Waals surface area contributed by atoms with Crippen LogP contribution in [0.4, 0.5) is 0 Å². The molecule has 110 valence electrons. The fourth-order valence-electron chi connectivity index (χ4n) is 2.50.